The highest BCUT2D eigenvalue weighted by molar-refractivity contribution is 6.17. The highest BCUT2D eigenvalue weighted by Crippen LogP contribution is 2.20. The molecule has 0 N–H and O–H groups in total. The fourth-order valence-electron chi connectivity index (χ4n) is 2.37. The first-order valence-corrected chi connectivity index (χ1v) is 9.50. The summed E-state index contributed by atoms with van der Waals surface area (Å²) in [6.07, 6.45) is 0. The molecule has 0 spiro atoms. The van der Waals surface area contributed by atoms with Gasteiger partial charge in [0.2, 0.25) is 0 Å². The monoisotopic (exact) mass is 414 g/mol. The Balaban J connectivity index is 1.60. The molecule has 3 rings (SSSR count). The van der Waals surface area contributed by atoms with E-state index in [-0.39, 0.29) is 0 Å². The Hall–Kier alpha value is -2.82. The molecule has 0 bridgehead atoms. The van der Waals surface area contributed by atoms with E-state index in [1.54, 1.807) is 72.8 Å². The lowest BCUT2D eigenvalue weighted by atomic mass is 10.1. The van der Waals surface area contributed by atoms with Crippen molar-refractivity contribution in [2.45, 2.75) is 11.8 Å². The third-order valence-corrected chi connectivity index (χ3v) is 4.55. The highest BCUT2D eigenvalue weighted by atomic mass is 35.5. The smallest absolute Gasteiger partial charge is 0.343 e. The predicted octanol–water partition coefficient (Wildman–Crippen LogP) is 5.60. The molecule has 142 valence electrons. The second kappa shape index (κ2) is 9.40. The first-order chi connectivity index (χ1) is 13.6. The number of halogens is 2. The number of esters is 2. The topological polar surface area (TPSA) is 52.6 Å². The molecule has 0 aliphatic carbocycles. The summed E-state index contributed by atoms with van der Waals surface area (Å²) < 4.78 is 10.6. The van der Waals surface area contributed by atoms with Crippen LogP contribution >= 0.6 is 23.2 Å². The van der Waals surface area contributed by atoms with Gasteiger partial charge in [0.15, 0.2) is 0 Å². The van der Waals surface area contributed by atoms with Gasteiger partial charge in [-0.2, -0.15) is 0 Å². The SMILES string of the molecule is O=C(Oc1ccc(OC(=O)c2ccc(CCl)cc2)cc1)c1ccc(CCl)cc1. The van der Waals surface area contributed by atoms with Gasteiger partial charge in [-0.05, 0) is 59.7 Å². The van der Waals surface area contributed by atoms with Crippen LogP contribution in [-0.2, 0) is 11.8 Å². The Morgan fingerprint density at radius 3 is 1.18 bits per heavy atom. The van der Waals surface area contributed by atoms with Crippen LogP contribution < -0.4 is 9.47 Å². The Morgan fingerprint density at radius 2 is 0.893 bits per heavy atom. The Labute approximate surface area is 172 Å². The summed E-state index contributed by atoms with van der Waals surface area (Å²) in [4.78, 5) is 24.3. The number of carbonyl (C=O) groups is 2. The molecular formula is C22H16Cl2O4. The number of alkyl halides is 2. The van der Waals surface area contributed by atoms with E-state index in [9.17, 15) is 9.59 Å². The number of ether oxygens (including phenoxy) is 2. The first-order valence-electron chi connectivity index (χ1n) is 8.43. The Kier molecular flexibility index (Phi) is 6.69. The van der Waals surface area contributed by atoms with Crippen molar-refractivity contribution in [2.75, 3.05) is 0 Å². The summed E-state index contributed by atoms with van der Waals surface area (Å²) in [7, 11) is 0. The van der Waals surface area contributed by atoms with Gasteiger partial charge in [0.05, 0.1) is 11.1 Å². The molecule has 0 saturated heterocycles. The summed E-state index contributed by atoms with van der Waals surface area (Å²) in [5, 5.41) is 0. The van der Waals surface area contributed by atoms with Gasteiger partial charge >= 0.3 is 11.9 Å². The van der Waals surface area contributed by atoms with Crippen LogP contribution in [0.2, 0.25) is 0 Å². The fourth-order valence-corrected chi connectivity index (χ4v) is 2.72. The van der Waals surface area contributed by atoms with E-state index < -0.39 is 11.9 Å². The van der Waals surface area contributed by atoms with E-state index >= 15 is 0 Å². The van der Waals surface area contributed by atoms with Crippen LogP contribution in [0.15, 0.2) is 72.8 Å². The van der Waals surface area contributed by atoms with Crippen molar-refractivity contribution in [1.82, 2.24) is 0 Å². The summed E-state index contributed by atoms with van der Waals surface area (Å²) in [6, 6.07) is 20.0. The molecule has 6 heteroatoms. The number of hydrogen-bond acceptors (Lipinski definition) is 4. The van der Waals surface area contributed by atoms with Crippen LogP contribution in [0.25, 0.3) is 0 Å². The lowest BCUT2D eigenvalue weighted by Gasteiger charge is -2.07. The summed E-state index contributed by atoms with van der Waals surface area (Å²) in [5.74, 6) is 0.490. The van der Waals surface area contributed by atoms with E-state index in [1.807, 2.05) is 0 Å². The molecule has 0 aliphatic heterocycles. The van der Waals surface area contributed by atoms with Gasteiger partial charge in [0, 0.05) is 11.8 Å². The largest absolute Gasteiger partial charge is 0.423 e. The number of hydrogen-bond donors (Lipinski definition) is 0. The van der Waals surface area contributed by atoms with Crippen molar-refractivity contribution >= 4 is 35.1 Å². The molecular weight excluding hydrogens is 399 g/mol. The molecule has 4 nitrogen and oxygen atoms in total. The summed E-state index contributed by atoms with van der Waals surface area (Å²) >= 11 is 11.5. The molecule has 3 aromatic rings. The van der Waals surface area contributed by atoms with Gasteiger partial charge in [-0.1, -0.05) is 24.3 Å². The van der Waals surface area contributed by atoms with Crippen molar-refractivity contribution < 1.29 is 19.1 Å². The zero-order valence-corrected chi connectivity index (χ0v) is 16.2. The van der Waals surface area contributed by atoms with Crippen molar-refractivity contribution in [3.63, 3.8) is 0 Å². The molecule has 0 saturated carbocycles. The van der Waals surface area contributed by atoms with Crippen LogP contribution in [0.1, 0.15) is 31.8 Å². The van der Waals surface area contributed by atoms with Crippen LogP contribution in [0.5, 0.6) is 11.5 Å². The van der Waals surface area contributed by atoms with Crippen molar-refractivity contribution in [2.24, 2.45) is 0 Å². The first kappa shape index (κ1) is 19.9. The van der Waals surface area contributed by atoms with Gasteiger partial charge in [-0.3, -0.25) is 0 Å². The van der Waals surface area contributed by atoms with Gasteiger partial charge in [-0.15, -0.1) is 23.2 Å². The average Bonchev–Trinajstić information content (AvgIpc) is 2.75. The number of rotatable bonds is 6. The zero-order valence-electron chi connectivity index (χ0n) is 14.7. The molecule has 0 aliphatic rings. The van der Waals surface area contributed by atoms with Gasteiger partial charge in [0.25, 0.3) is 0 Å². The third-order valence-electron chi connectivity index (χ3n) is 3.93. The molecule has 28 heavy (non-hydrogen) atoms. The standard InChI is InChI=1S/C22H16Cl2O4/c23-13-15-1-5-17(6-2-15)21(25)27-19-9-11-20(12-10-19)28-22(26)18-7-3-16(14-24)4-8-18/h1-12H,13-14H2. The number of benzene rings is 3. The molecule has 0 radical (unpaired) electrons. The second-order valence-corrected chi connectivity index (χ2v) is 6.45. The van der Waals surface area contributed by atoms with E-state index in [0.717, 1.165) is 11.1 Å². The fraction of sp³-hybridized carbons (Fsp3) is 0.0909. The maximum absolute atomic E-state index is 12.2. The lowest BCUT2D eigenvalue weighted by Crippen LogP contribution is -2.09. The van der Waals surface area contributed by atoms with Crippen molar-refractivity contribution in [3.05, 3.63) is 95.1 Å². The summed E-state index contributed by atoms with van der Waals surface area (Å²) in [6.45, 7) is 0. The average molecular weight is 415 g/mol. The van der Waals surface area contributed by atoms with Crippen molar-refractivity contribution in [1.29, 1.82) is 0 Å². The minimum atomic E-state index is -0.481. The van der Waals surface area contributed by atoms with Crippen LogP contribution in [0.3, 0.4) is 0 Å². The lowest BCUT2D eigenvalue weighted by molar-refractivity contribution is 0.0719. The maximum Gasteiger partial charge on any atom is 0.343 e. The molecule has 3 aromatic carbocycles. The van der Waals surface area contributed by atoms with Gasteiger partial charge < -0.3 is 9.47 Å². The minimum absolute atomic E-state index is 0.345. The van der Waals surface area contributed by atoms with E-state index in [4.69, 9.17) is 32.7 Å². The van der Waals surface area contributed by atoms with Crippen LogP contribution in [0, 0.1) is 0 Å². The van der Waals surface area contributed by atoms with Crippen molar-refractivity contribution in [3.8, 4) is 11.5 Å². The van der Waals surface area contributed by atoms with E-state index in [0.29, 0.717) is 34.4 Å². The maximum atomic E-state index is 12.2. The normalized spacial score (nSPS) is 10.4. The van der Waals surface area contributed by atoms with Gasteiger partial charge in [0.1, 0.15) is 11.5 Å². The molecule has 0 aromatic heterocycles. The third kappa shape index (κ3) is 5.12. The van der Waals surface area contributed by atoms with Crippen LogP contribution in [-0.4, -0.2) is 11.9 Å². The predicted molar refractivity (Wildman–Crippen MR) is 108 cm³/mol. The molecule has 0 amide bonds. The molecule has 0 fully saturated rings. The number of carbonyl (C=O) groups excluding carboxylic acids is 2. The van der Waals surface area contributed by atoms with Gasteiger partial charge in [-0.25, -0.2) is 9.59 Å². The zero-order chi connectivity index (χ0) is 19.9. The molecule has 0 unspecified atom stereocenters. The highest BCUT2D eigenvalue weighted by Gasteiger charge is 2.11. The van der Waals surface area contributed by atoms with E-state index in [1.165, 1.54) is 0 Å². The molecule has 0 heterocycles. The van der Waals surface area contributed by atoms with E-state index in [2.05, 4.69) is 0 Å². The Morgan fingerprint density at radius 1 is 0.571 bits per heavy atom. The quantitative estimate of drug-likeness (QED) is 0.299. The molecule has 0 atom stereocenters. The minimum Gasteiger partial charge on any atom is -0.423 e. The summed E-state index contributed by atoms with van der Waals surface area (Å²) in [5.41, 5.74) is 2.68. The Bertz CT molecular complexity index is 869. The van der Waals surface area contributed by atoms with Crippen LogP contribution in [0.4, 0.5) is 0 Å². The second-order valence-electron chi connectivity index (χ2n) is 5.91.